The summed E-state index contributed by atoms with van der Waals surface area (Å²) in [5.74, 6) is -0.972. The Morgan fingerprint density at radius 3 is 2.63 bits per heavy atom. The van der Waals surface area contributed by atoms with Crippen LogP contribution in [0.3, 0.4) is 0 Å². The molecule has 4 nitrogen and oxygen atoms in total. The molecule has 1 atom stereocenters. The molecular formula is C15H19NO3. The summed E-state index contributed by atoms with van der Waals surface area (Å²) in [5.41, 5.74) is 2.16. The maximum atomic E-state index is 12.3. The van der Waals surface area contributed by atoms with E-state index in [2.05, 4.69) is 6.92 Å². The van der Waals surface area contributed by atoms with Crippen molar-refractivity contribution in [3.8, 4) is 0 Å². The number of benzene rings is 1. The summed E-state index contributed by atoms with van der Waals surface area (Å²) in [6.45, 7) is 2.61. The third kappa shape index (κ3) is 2.95. The number of nitrogens with zero attached hydrogens (tertiary/aromatic N) is 1. The van der Waals surface area contributed by atoms with Crippen molar-refractivity contribution in [2.75, 3.05) is 6.54 Å². The Balaban J connectivity index is 2.10. The first-order valence-electron chi connectivity index (χ1n) is 6.72. The first-order valence-corrected chi connectivity index (χ1v) is 6.72. The molecule has 0 saturated carbocycles. The Morgan fingerprint density at radius 2 is 2.00 bits per heavy atom. The number of hydrogen-bond acceptors (Lipinski definition) is 2. The minimum atomic E-state index is -0.894. The van der Waals surface area contributed by atoms with Crippen LogP contribution in [0.5, 0.6) is 0 Å². The average Bonchev–Trinajstić information content (AvgIpc) is 2.88. The second-order valence-electron chi connectivity index (χ2n) is 4.88. The molecule has 0 aliphatic carbocycles. The van der Waals surface area contributed by atoms with E-state index < -0.39 is 12.0 Å². The van der Waals surface area contributed by atoms with Crippen LogP contribution in [0.2, 0.25) is 0 Å². The third-order valence-corrected chi connectivity index (χ3v) is 3.70. The Labute approximate surface area is 113 Å². The van der Waals surface area contributed by atoms with Crippen LogP contribution in [0.25, 0.3) is 0 Å². The van der Waals surface area contributed by atoms with E-state index in [-0.39, 0.29) is 5.91 Å². The molecule has 0 radical (unpaired) electrons. The molecule has 1 N–H and O–H groups in total. The van der Waals surface area contributed by atoms with E-state index >= 15 is 0 Å². The molecule has 1 saturated heterocycles. The van der Waals surface area contributed by atoms with Gasteiger partial charge in [0.15, 0.2) is 0 Å². The summed E-state index contributed by atoms with van der Waals surface area (Å²) in [6, 6.07) is 7.20. The number of aryl methyl sites for hydroxylation is 1. The van der Waals surface area contributed by atoms with Gasteiger partial charge in [-0.05, 0) is 30.4 Å². The molecule has 0 bridgehead atoms. The van der Waals surface area contributed by atoms with E-state index in [9.17, 15) is 9.59 Å². The van der Waals surface area contributed by atoms with Crippen molar-refractivity contribution in [1.82, 2.24) is 4.90 Å². The van der Waals surface area contributed by atoms with Gasteiger partial charge in [0.25, 0.3) is 0 Å². The van der Waals surface area contributed by atoms with Gasteiger partial charge in [-0.15, -0.1) is 0 Å². The van der Waals surface area contributed by atoms with E-state index in [4.69, 9.17) is 5.11 Å². The quantitative estimate of drug-likeness (QED) is 0.900. The molecule has 102 valence electrons. The van der Waals surface area contributed by atoms with E-state index in [0.29, 0.717) is 19.4 Å². The summed E-state index contributed by atoms with van der Waals surface area (Å²) < 4.78 is 0. The fraction of sp³-hybridized carbons (Fsp3) is 0.467. The number of rotatable bonds is 4. The lowest BCUT2D eigenvalue weighted by Crippen LogP contribution is -2.41. The summed E-state index contributed by atoms with van der Waals surface area (Å²) >= 11 is 0. The number of carboxylic acids is 1. The molecule has 1 amide bonds. The Kier molecular flexibility index (Phi) is 4.20. The van der Waals surface area contributed by atoms with Crippen LogP contribution in [-0.2, 0) is 22.4 Å². The number of carbonyl (C=O) groups is 2. The van der Waals surface area contributed by atoms with Gasteiger partial charge in [0.1, 0.15) is 6.04 Å². The number of likely N-dealkylation sites (tertiary alicyclic amines) is 1. The predicted octanol–water partition coefficient (Wildman–Crippen LogP) is 1.87. The van der Waals surface area contributed by atoms with Crippen molar-refractivity contribution in [2.24, 2.45) is 0 Å². The lowest BCUT2D eigenvalue weighted by molar-refractivity contribution is -0.148. The van der Waals surface area contributed by atoms with Crippen LogP contribution in [0, 0.1) is 0 Å². The third-order valence-electron chi connectivity index (χ3n) is 3.70. The molecule has 4 heteroatoms. The molecule has 1 heterocycles. The van der Waals surface area contributed by atoms with Crippen molar-refractivity contribution in [3.63, 3.8) is 0 Å². The van der Waals surface area contributed by atoms with Gasteiger partial charge in [-0.3, -0.25) is 4.79 Å². The molecule has 1 aromatic carbocycles. The number of carboxylic acid groups (broad SMARTS) is 1. The van der Waals surface area contributed by atoms with Crippen molar-refractivity contribution in [1.29, 1.82) is 0 Å². The van der Waals surface area contributed by atoms with Gasteiger partial charge in [0.2, 0.25) is 5.91 Å². The van der Waals surface area contributed by atoms with Gasteiger partial charge >= 0.3 is 5.97 Å². The molecule has 0 unspecified atom stereocenters. The zero-order valence-corrected chi connectivity index (χ0v) is 11.1. The standard InChI is InChI=1S/C15H19NO3/c1-2-11-6-3-4-7-12(11)10-14(17)16-9-5-8-13(16)15(18)19/h3-4,6-7,13H,2,5,8-10H2,1H3,(H,18,19)/t13-/m1/s1. The van der Waals surface area contributed by atoms with Crippen LogP contribution in [0.4, 0.5) is 0 Å². The predicted molar refractivity (Wildman–Crippen MR) is 71.9 cm³/mol. The first-order chi connectivity index (χ1) is 9.13. The normalized spacial score (nSPS) is 18.6. The number of carbonyl (C=O) groups excluding carboxylic acids is 1. The zero-order chi connectivity index (χ0) is 13.8. The number of hydrogen-bond donors (Lipinski definition) is 1. The van der Waals surface area contributed by atoms with Gasteiger partial charge in [-0.2, -0.15) is 0 Å². The highest BCUT2D eigenvalue weighted by atomic mass is 16.4. The highest BCUT2D eigenvalue weighted by Crippen LogP contribution is 2.20. The van der Waals surface area contributed by atoms with Crippen LogP contribution in [0.15, 0.2) is 24.3 Å². The average molecular weight is 261 g/mol. The van der Waals surface area contributed by atoms with Gasteiger partial charge < -0.3 is 10.0 Å². The number of aliphatic carboxylic acids is 1. The van der Waals surface area contributed by atoms with E-state index in [1.165, 1.54) is 4.90 Å². The molecule has 0 aromatic heterocycles. The fourth-order valence-electron chi connectivity index (χ4n) is 2.66. The largest absolute Gasteiger partial charge is 0.480 e. The van der Waals surface area contributed by atoms with Crippen molar-refractivity contribution >= 4 is 11.9 Å². The van der Waals surface area contributed by atoms with Gasteiger partial charge in [-0.25, -0.2) is 4.79 Å². The number of amides is 1. The zero-order valence-electron chi connectivity index (χ0n) is 11.1. The second-order valence-corrected chi connectivity index (χ2v) is 4.88. The molecule has 19 heavy (non-hydrogen) atoms. The fourth-order valence-corrected chi connectivity index (χ4v) is 2.66. The molecule has 2 rings (SSSR count). The van der Waals surface area contributed by atoms with Gasteiger partial charge in [0, 0.05) is 6.54 Å². The summed E-state index contributed by atoms with van der Waals surface area (Å²) in [6.07, 6.45) is 2.52. The Bertz CT molecular complexity index is 484. The lowest BCUT2D eigenvalue weighted by Gasteiger charge is -2.22. The lowest BCUT2D eigenvalue weighted by atomic mass is 10.0. The molecular weight excluding hydrogens is 242 g/mol. The summed E-state index contributed by atoms with van der Waals surface area (Å²) in [7, 11) is 0. The van der Waals surface area contributed by atoms with Crippen molar-refractivity contribution in [3.05, 3.63) is 35.4 Å². The van der Waals surface area contributed by atoms with E-state index in [1.54, 1.807) is 0 Å². The molecule has 1 aliphatic heterocycles. The second kappa shape index (κ2) is 5.87. The highest BCUT2D eigenvalue weighted by molar-refractivity contribution is 5.85. The maximum absolute atomic E-state index is 12.3. The van der Waals surface area contributed by atoms with Crippen LogP contribution in [-0.4, -0.2) is 34.5 Å². The Morgan fingerprint density at radius 1 is 1.32 bits per heavy atom. The van der Waals surface area contributed by atoms with Crippen molar-refractivity contribution in [2.45, 2.75) is 38.6 Å². The van der Waals surface area contributed by atoms with Crippen LogP contribution >= 0.6 is 0 Å². The van der Waals surface area contributed by atoms with Gasteiger partial charge in [-0.1, -0.05) is 31.2 Å². The van der Waals surface area contributed by atoms with E-state index in [0.717, 1.165) is 24.0 Å². The minimum Gasteiger partial charge on any atom is -0.480 e. The molecule has 1 aliphatic rings. The smallest absolute Gasteiger partial charge is 0.326 e. The SMILES string of the molecule is CCc1ccccc1CC(=O)N1CCC[C@@H]1C(=O)O. The molecule has 1 fully saturated rings. The van der Waals surface area contributed by atoms with Crippen molar-refractivity contribution < 1.29 is 14.7 Å². The molecule has 1 aromatic rings. The highest BCUT2D eigenvalue weighted by Gasteiger charge is 2.33. The topological polar surface area (TPSA) is 57.6 Å². The van der Waals surface area contributed by atoms with Gasteiger partial charge in [0.05, 0.1) is 6.42 Å². The maximum Gasteiger partial charge on any atom is 0.326 e. The monoisotopic (exact) mass is 261 g/mol. The van der Waals surface area contributed by atoms with Crippen LogP contribution < -0.4 is 0 Å². The minimum absolute atomic E-state index is 0.0780. The summed E-state index contributed by atoms with van der Waals surface area (Å²) in [4.78, 5) is 24.9. The Hall–Kier alpha value is -1.84. The first kappa shape index (κ1) is 13.6. The van der Waals surface area contributed by atoms with E-state index in [1.807, 2.05) is 24.3 Å². The summed E-state index contributed by atoms with van der Waals surface area (Å²) in [5, 5.41) is 9.11. The molecule has 0 spiro atoms. The van der Waals surface area contributed by atoms with Crippen LogP contribution in [0.1, 0.15) is 30.9 Å².